The van der Waals surface area contributed by atoms with E-state index in [9.17, 15) is 0 Å². The van der Waals surface area contributed by atoms with Crippen LogP contribution in [0.5, 0.6) is 0 Å². The van der Waals surface area contributed by atoms with Crippen molar-refractivity contribution < 1.29 is 0 Å². The van der Waals surface area contributed by atoms with Crippen LogP contribution in [-0.4, -0.2) is 10.5 Å². The number of hydrogen-bond donors (Lipinski definition) is 1. The van der Waals surface area contributed by atoms with E-state index in [1.807, 2.05) is 24.4 Å². The zero-order chi connectivity index (χ0) is 9.73. The minimum absolute atomic E-state index is 0.175. The number of aromatic nitrogens is 1. The Balaban J connectivity index is 2.68. The van der Waals surface area contributed by atoms with Crippen LogP contribution in [0, 0.1) is 0 Å². The molecule has 0 aliphatic carbocycles. The van der Waals surface area contributed by atoms with Gasteiger partial charge in [-0.05, 0) is 31.9 Å². The van der Waals surface area contributed by atoms with Crippen LogP contribution < -0.4 is 5.32 Å². The zero-order valence-corrected chi connectivity index (χ0v) is 8.67. The van der Waals surface area contributed by atoms with Crippen LogP contribution in [0.2, 0.25) is 0 Å². The molecule has 1 rings (SSSR count). The molecule has 1 N–H and O–H groups in total. The van der Waals surface area contributed by atoms with Gasteiger partial charge in [0.25, 0.3) is 0 Å². The zero-order valence-electron chi connectivity index (χ0n) is 8.67. The van der Waals surface area contributed by atoms with E-state index < -0.39 is 0 Å². The topological polar surface area (TPSA) is 24.9 Å². The molecule has 0 saturated heterocycles. The van der Waals surface area contributed by atoms with E-state index in [-0.39, 0.29) is 5.54 Å². The number of anilines is 1. The number of nitrogens with zero attached hydrogens (tertiary/aromatic N) is 1. The van der Waals surface area contributed by atoms with Gasteiger partial charge in [0.1, 0.15) is 5.82 Å². The van der Waals surface area contributed by atoms with Crippen molar-refractivity contribution in [2.75, 3.05) is 5.32 Å². The summed E-state index contributed by atoms with van der Waals surface area (Å²) in [5.74, 6) is 0.966. The average molecular weight is 178 g/mol. The van der Waals surface area contributed by atoms with Gasteiger partial charge in [-0.25, -0.2) is 4.98 Å². The summed E-state index contributed by atoms with van der Waals surface area (Å²) < 4.78 is 0. The lowest BCUT2D eigenvalue weighted by Gasteiger charge is -2.28. The highest BCUT2D eigenvalue weighted by molar-refractivity contribution is 5.36. The monoisotopic (exact) mass is 178 g/mol. The van der Waals surface area contributed by atoms with Gasteiger partial charge < -0.3 is 5.32 Å². The van der Waals surface area contributed by atoms with Gasteiger partial charge in [0, 0.05) is 11.7 Å². The molecule has 0 radical (unpaired) electrons. The Hall–Kier alpha value is -1.05. The summed E-state index contributed by atoms with van der Waals surface area (Å²) in [6, 6.07) is 5.94. The van der Waals surface area contributed by atoms with E-state index in [0.717, 1.165) is 18.7 Å². The highest BCUT2D eigenvalue weighted by Crippen LogP contribution is 2.19. The summed E-state index contributed by atoms with van der Waals surface area (Å²) in [5.41, 5.74) is 0.175. The summed E-state index contributed by atoms with van der Waals surface area (Å²) in [7, 11) is 0. The van der Waals surface area contributed by atoms with Crippen LogP contribution in [-0.2, 0) is 0 Å². The summed E-state index contributed by atoms with van der Waals surface area (Å²) in [6.07, 6.45) is 4.04. The van der Waals surface area contributed by atoms with Gasteiger partial charge in [-0.1, -0.05) is 19.9 Å². The Morgan fingerprint density at radius 1 is 1.31 bits per heavy atom. The van der Waals surface area contributed by atoms with Crippen LogP contribution in [0.1, 0.15) is 33.6 Å². The van der Waals surface area contributed by atoms with Crippen molar-refractivity contribution in [3.63, 3.8) is 0 Å². The molecule has 0 aromatic carbocycles. The molecule has 72 valence electrons. The van der Waals surface area contributed by atoms with E-state index in [0.29, 0.717) is 0 Å². The van der Waals surface area contributed by atoms with Gasteiger partial charge in [0.2, 0.25) is 0 Å². The van der Waals surface area contributed by atoms with E-state index in [1.165, 1.54) is 0 Å². The molecule has 0 atom stereocenters. The van der Waals surface area contributed by atoms with E-state index in [1.54, 1.807) is 0 Å². The highest BCUT2D eigenvalue weighted by atomic mass is 15.0. The summed E-state index contributed by atoms with van der Waals surface area (Å²) in [6.45, 7) is 6.61. The maximum atomic E-state index is 4.25. The van der Waals surface area contributed by atoms with Gasteiger partial charge in [-0.15, -0.1) is 0 Å². The maximum absolute atomic E-state index is 4.25. The minimum atomic E-state index is 0.175. The lowest BCUT2D eigenvalue weighted by molar-refractivity contribution is 0.477. The first-order valence-electron chi connectivity index (χ1n) is 4.89. The first-order chi connectivity index (χ1) is 6.20. The Morgan fingerprint density at radius 3 is 2.46 bits per heavy atom. The fourth-order valence-corrected chi connectivity index (χ4v) is 1.17. The molecule has 0 amide bonds. The third-order valence-electron chi connectivity index (χ3n) is 2.66. The van der Waals surface area contributed by atoms with Crippen LogP contribution in [0.4, 0.5) is 5.82 Å². The highest BCUT2D eigenvalue weighted by Gasteiger charge is 2.18. The molecule has 0 aliphatic rings. The Labute approximate surface area is 80.4 Å². The lowest BCUT2D eigenvalue weighted by Crippen LogP contribution is -2.33. The van der Waals surface area contributed by atoms with Crippen molar-refractivity contribution >= 4 is 5.82 Å². The molecule has 1 aromatic rings. The fraction of sp³-hybridized carbons (Fsp3) is 0.545. The first kappa shape index (κ1) is 10.0. The number of pyridine rings is 1. The smallest absolute Gasteiger partial charge is 0.126 e. The molecule has 0 spiro atoms. The predicted molar refractivity (Wildman–Crippen MR) is 56.8 cm³/mol. The van der Waals surface area contributed by atoms with Gasteiger partial charge in [-0.2, -0.15) is 0 Å². The predicted octanol–water partition coefficient (Wildman–Crippen LogP) is 3.07. The van der Waals surface area contributed by atoms with Gasteiger partial charge in [0.05, 0.1) is 0 Å². The van der Waals surface area contributed by atoms with Crippen molar-refractivity contribution in [2.24, 2.45) is 0 Å². The third-order valence-corrected chi connectivity index (χ3v) is 2.66. The normalized spacial score (nSPS) is 11.3. The summed E-state index contributed by atoms with van der Waals surface area (Å²) >= 11 is 0. The molecule has 0 aliphatic heterocycles. The van der Waals surface area contributed by atoms with Gasteiger partial charge in [-0.3, -0.25) is 0 Å². The fourth-order valence-electron chi connectivity index (χ4n) is 1.17. The van der Waals surface area contributed by atoms with Crippen molar-refractivity contribution in [3.05, 3.63) is 24.4 Å². The van der Waals surface area contributed by atoms with Crippen LogP contribution in [0.25, 0.3) is 0 Å². The summed E-state index contributed by atoms with van der Waals surface area (Å²) in [4.78, 5) is 4.25. The van der Waals surface area contributed by atoms with Gasteiger partial charge >= 0.3 is 0 Å². The second-order valence-corrected chi connectivity index (χ2v) is 3.61. The van der Waals surface area contributed by atoms with Crippen molar-refractivity contribution in [3.8, 4) is 0 Å². The van der Waals surface area contributed by atoms with Gasteiger partial charge in [0.15, 0.2) is 0 Å². The molecule has 13 heavy (non-hydrogen) atoms. The van der Waals surface area contributed by atoms with Crippen molar-refractivity contribution in [1.29, 1.82) is 0 Å². The number of nitrogens with one attached hydrogen (secondary N) is 1. The van der Waals surface area contributed by atoms with Crippen molar-refractivity contribution in [2.45, 2.75) is 39.2 Å². The molecule has 0 saturated carbocycles. The van der Waals surface area contributed by atoms with E-state index in [2.05, 4.69) is 31.1 Å². The SMILES string of the molecule is CCC(C)(CC)Nc1ccccn1. The molecule has 2 nitrogen and oxygen atoms in total. The Bertz CT molecular complexity index is 240. The number of hydrogen-bond acceptors (Lipinski definition) is 2. The average Bonchev–Trinajstić information content (AvgIpc) is 2.19. The summed E-state index contributed by atoms with van der Waals surface area (Å²) in [5, 5.41) is 3.44. The number of rotatable bonds is 4. The Morgan fingerprint density at radius 2 is 2.00 bits per heavy atom. The largest absolute Gasteiger partial charge is 0.365 e. The van der Waals surface area contributed by atoms with E-state index >= 15 is 0 Å². The standard InChI is InChI=1S/C11H18N2/c1-4-11(3,5-2)13-10-8-6-7-9-12-10/h6-9H,4-5H2,1-3H3,(H,12,13). The molecular weight excluding hydrogens is 160 g/mol. The van der Waals surface area contributed by atoms with E-state index in [4.69, 9.17) is 0 Å². The molecule has 0 fully saturated rings. The van der Waals surface area contributed by atoms with Crippen molar-refractivity contribution in [1.82, 2.24) is 4.98 Å². The third kappa shape index (κ3) is 2.72. The minimum Gasteiger partial charge on any atom is -0.365 e. The lowest BCUT2D eigenvalue weighted by atomic mass is 9.96. The molecule has 2 heteroatoms. The van der Waals surface area contributed by atoms with Crippen LogP contribution >= 0.6 is 0 Å². The Kier molecular flexibility index (Phi) is 3.29. The molecule has 0 bridgehead atoms. The molecule has 0 unspecified atom stereocenters. The molecule has 1 heterocycles. The molecule has 1 aromatic heterocycles. The maximum Gasteiger partial charge on any atom is 0.126 e. The van der Waals surface area contributed by atoms with Crippen LogP contribution in [0.15, 0.2) is 24.4 Å². The quantitative estimate of drug-likeness (QED) is 0.766. The second kappa shape index (κ2) is 4.26. The van der Waals surface area contributed by atoms with Crippen LogP contribution in [0.3, 0.4) is 0 Å². The first-order valence-corrected chi connectivity index (χ1v) is 4.89. The molecular formula is C11H18N2. The second-order valence-electron chi connectivity index (χ2n) is 3.61.